The summed E-state index contributed by atoms with van der Waals surface area (Å²) in [6.07, 6.45) is 3.44. The highest BCUT2D eigenvalue weighted by Gasteiger charge is 2.23. The van der Waals surface area contributed by atoms with Crippen LogP contribution in [0.3, 0.4) is 0 Å². The van der Waals surface area contributed by atoms with Crippen molar-refractivity contribution in [3.8, 4) is 11.5 Å². The normalized spacial score (nSPS) is 14.9. The number of thiazole rings is 1. The standard InChI is InChI=1S/C15H18N2O2S/c1-18-9-6-7-10(12(8-9)19-2)14(16)15-17-11-4-3-5-13(11)20-15/h6-8,14H,3-5,16H2,1-2H3. The van der Waals surface area contributed by atoms with Crippen LogP contribution in [0.5, 0.6) is 11.5 Å². The molecule has 0 saturated carbocycles. The summed E-state index contributed by atoms with van der Waals surface area (Å²) >= 11 is 1.73. The largest absolute Gasteiger partial charge is 0.497 e. The van der Waals surface area contributed by atoms with Crippen LogP contribution in [-0.2, 0) is 12.8 Å². The molecule has 0 saturated heterocycles. The summed E-state index contributed by atoms with van der Waals surface area (Å²) in [7, 11) is 3.28. The molecule has 0 radical (unpaired) electrons. The van der Waals surface area contributed by atoms with E-state index in [0.717, 1.165) is 34.9 Å². The van der Waals surface area contributed by atoms with Crippen LogP contribution in [0, 0.1) is 0 Å². The Labute approximate surface area is 122 Å². The van der Waals surface area contributed by atoms with E-state index in [-0.39, 0.29) is 6.04 Å². The van der Waals surface area contributed by atoms with E-state index in [2.05, 4.69) is 0 Å². The zero-order valence-electron chi connectivity index (χ0n) is 11.7. The van der Waals surface area contributed by atoms with Gasteiger partial charge in [-0.2, -0.15) is 0 Å². The number of aryl methyl sites for hydroxylation is 2. The molecule has 1 unspecified atom stereocenters. The molecule has 20 heavy (non-hydrogen) atoms. The lowest BCUT2D eigenvalue weighted by Gasteiger charge is -2.14. The molecule has 0 amide bonds. The molecule has 1 heterocycles. The van der Waals surface area contributed by atoms with Crippen molar-refractivity contribution in [3.05, 3.63) is 39.3 Å². The van der Waals surface area contributed by atoms with Crippen LogP contribution in [-0.4, -0.2) is 19.2 Å². The molecule has 1 atom stereocenters. The van der Waals surface area contributed by atoms with E-state index in [1.54, 1.807) is 25.6 Å². The Morgan fingerprint density at radius 2 is 2.10 bits per heavy atom. The van der Waals surface area contributed by atoms with Gasteiger partial charge < -0.3 is 15.2 Å². The smallest absolute Gasteiger partial charge is 0.127 e. The molecule has 0 fully saturated rings. The van der Waals surface area contributed by atoms with Gasteiger partial charge in [0.15, 0.2) is 0 Å². The molecule has 1 aromatic heterocycles. The van der Waals surface area contributed by atoms with Crippen molar-refractivity contribution in [1.29, 1.82) is 0 Å². The van der Waals surface area contributed by atoms with Gasteiger partial charge in [-0.3, -0.25) is 0 Å². The average molecular weight is 290 g/mol. The minimum Gasteiger partial charge on any atom is -0.497 e. The number of ether oxygens (including phenoxy) is 2. The van der Waals surface area contributed by atoms with E-state index in [1.165, 1.54) is 17.0 Å². The number of hydrogen-bond acceptors (Lipinski definition) is 5. The first kappa shape index (κ1) is 13.4. The van der Waals surface area contributed by atoms with E-state index < -0.39 is 0 Å². The third-order valence-electron chi connectivity index (χ3n) is 3.65. The summed E-state index contributed by atoms with van der Waals surface area (Å²) in [5.74, 6) is 1.51. The Kier molecular flexibility index (Phi) is 3.63. The number of nitrogens with zero attached hydrogens (tertiary/aromatic N) is 1. The SMILES string of the molecule is COc1ccc(C(N)c2nc3c(s2)CCC3)c(OC)c1. The predicted octanol–water partition coefficient (Wildman–Crippen LogP) is 2.70. The van der Waals surface area contributed by atoms with Crippen LogP contribution >= 0.6 is 11.3 Å². The third kappa shape index (κ3) is 2.27. The quantitative estimate of drug-likeness (QED) is 0.940. The van der Waals surface area contributed by atoms with Crippen LogP contribution < -0.4 is 15.2 Å². The van der Waals surface area contributed by atoms with Crippen molar-refractivity contribution in [2.24, 2.45) is 5.73 Å². The van der Waals surface area contributed by atoms with Gasteiger partial charge in [0.2, 0.25) is 0 Å². The zero-order chi connectivity index (χ0) is 14.1. The van der Waals surface area contributed by atoms with Gasteiger partial charge in [0.1, 0.15) is 16.5 Å². The summed E-state index contributed by atoms with van der Waals surface area (Å²) in [4.78, 5) is 6.08. The zero-order valence-corrected chi connectivity index (χ0v) is 12.5. The minimum atomic E-state index is -0.244. The fourth-order valence-corrected chi connectivity index (χ4v) is 3.73. The molecule has 1 aliphatic carbocycles. The molecular formula is C15H18N2O2S. The maximum Gasteiger partial charge on any atom is 0.127 e. The molecule has 0 spiro atoms. The Hall–Kier alpha value is -1.59. The van der Waals surface area contributed by atoms with Gasteiger partial charge in [-0.25, -0.2) is 4.98 Å². The Bertz CT molecular complexity index is 603. The van der Waals surface area contributed by atoms with E-state index >= 15 is 0 Å². The topological polar surface area (TPSA) is 57.4 Å². The van der Waals surface area contributed by atoms with Gasteiger partial charge in [-0.15, -0.1) is 11.3 Å². The van der Waals surface area contributed by atoms with Crippen molar-refractivity contribution in [2.75, 3.05) is 14.2 Å². The lowest BCUT2D eigenvalue weighted by Crippen LogP contribution is -2.13. The summed E-state index contributed by atoms with van der Waals surface area (Å²) in [6.45, 7) is 0. The number of hydrogen-bond donors (Lipinski definition) is 1. The van der Waals surface area contributed by atoms with Crippen molar-refractivity contribution in [3.63, 3.8) is 0 Å². The van der Waals surface area contributed by atoms with Crippen LogP contribution in [0.15, 0.2) is 18.2 Å². The number of nitrogens with two attached hydrogens (primary N) is 1. The Morgan fingerprint density at radius 1 is 1.25 bits per heavy atom. The number of fused-ring (bicyclic) bond motifs is 1. The second kappa shape index (κ2) is 5.42. The summed E-state index contributed by atoms with van der Waals surface area (Å²) in [5, 5.41) is 0.971. The second-order valence-electron chi connectivity index (χ2n) is 4.86. The molecule has 3 rings (SSSR count). The fraction of sp³-hybridized carbons (Fsp3) is 0.400. The number of methoxy groups -OCH3 is 2. The lowest BCUT2D eigenvalue weighted by atomic mass is 10.1. The second-order valence-corrected chi connectivity index (χ2v) is 5.98. The van der Waals surface area contributed by atoms with Gasteiger partial charge in [-0.1, -0.05) is 0 Å². The third-order valence-corrected chi connectivity index (χ3v) is 4.89. The maximum absolute atomic E-state index is 6.37. The molecule has 1 aliphatic rings. The van der Waals surface area contributed by atoms with Gasteiger partial charge >= 0.3 is 0 Å². The monoisotopic (exact) mass is 290 g/mol. The Balaban J connectivity index is 1.94. The van der Waals surface area contributed by atoms with Crippen LogP contribution in [0.2, 0.25) is 0 Å². The predicted molar refractivity (Wildman–Crippen MR) is 79.7 cm³/mol. The minimum absolute atomic E-state index is 0.244. The van der Waals surface area contributed by atoms with Crippen molar-refractivity contribution in [1.82, 2.24) is 4.98 Å². The van der Waals surface area contributed by atoms with Crippen molar-refractivity contribution in [2.45, 2.75) is 25.3 Å². The van der Waals surface area contributed by atoms with E-state index in [4.69, 9.17) is 20.2 Å². The highest BCUT2D eigenvalue weighted by atomic mass is 32.1. The molecular weight excluding hydrogens is 272 g/mol. The summed E-state index contributed by atoms with van der Waals surface area (Å²) in [5.41, 5.74) is 8.55. The highest BCUT2D eigenvalue weighted by Crippen LogP contribution is 2.36. The van der Waals surface area contributed by atoms with Gasteiger partial charge in [-0.05, 0) is 31.4 Å². The van der Waals surface area contributed by atoms with Gasteiger partial charge in [0.25, 0.3) is 0 Å². The molecule has 2 N–H and O–H groups in total. The molecule has 0 bridgehead atoms. The fourth-order valence-electron chi connectivity index (χ4n) is 2.55. The number of aromatic nitrogens is 1. The molecule has 2 aromatic rings. The first-order valence-corrected chi connectivity index (χ1v) is 7.50. The molecule has 106 valence electrons. The first-order chi connectivity index (χ1) is 9.72. The average Bonchev–Trinajstić information content (AvgIpc) is 3.07. The number of benzene rings is 1. The van der Waals surface area contributed by atoms with Gasteiger partial charge in [0, 0.05) is 16.5 Å². The van der Waals surface area contributed by atoms with E-state index in [0.29, 0.717) is 0 Å². The summed E-state index contributed by atoms with van der Waals surface area (Å²) < 4.78 is 10.6. The van der Waals surface area contributed by atoms with Crippen LogP contribution in [0.4, 0.5) is 0 Å². The molecule has 4 nitrogen and oxygen atoms in total. The van der Waals surface area contributed by atoms with Crippen LogP contribution in [0.1, 0.15) is 33.6 Å². The molecule has 0 aliphatic heterocycles. The van der Waals surface area contributed by atoms with Crippen molar-refractivity contribution < 1.29 is 9.47 Å². The van der Waals surface area contributed by atoms with E-state index in [9.17, 15) is 0 Å². The first-order valence-electron chi connectivity index (χ1n) is 6.69. The Morgan fingerprint density at radius 3 is 2.80 bits per heavy atom. The van der Waals surface area contributed by atoms with Crippen molar-refractivity contribution >= 4 is 11.3 Å². The molecule has 5 heteroatoms. The molecule has 1 aromatic carbocycles. The van der Waals surface area contributed by atoms with E-state index in [1.807, 2.05) is 18.2 Å². The van der Waals surface area contributed by atoms with Gasteiger partial charge in [0.05, 0.1) is 26.0 Å². The number of rotatable bonds is 4. The summed E-state index contributed by atoms with van der Waals surface area (Å²) in [6, 6.07) is 5.47. The maximum atomic E-state index is 6.37. The van der Waals surface area contributed by atoms with Crippen LogP contribution in [0.25, 0.3) is 0 Å². The lowest BCUT2D eigenvalue weighted by molar-refractivity contribution is 0.390. The highest BCUT2D eigenvalue weighted by molar-refractivity contribution is 7.11.